The summed E-state index contributed by atoms with van der Waals surface area (Å²) < 4.78 is 48.5. The first-order chi connectivity index (χ1) is 6.80. The van der Waals surface area contributed by atoms with Crippen LogP contribution in [-0.4, -0.2) is 22.5 Å². The summed E-state index contributed by atoms with van der Waals surface area (Å²) in [5.74, 6) is -1.65. The van der Waals surface area contributed by atoms with Gasteiger partial charge < -0.3 is 10.2 Å². The molecule has 1 aromatic carbocycles. The van der Waals surface area contributed by atoms with Gasteiger partial charge in [-0.15, -0.1) is 0 Å². The van der Waals surface area contributed by atoms with E-state index in [1.165, 1.54) is 0 Å². The third kappa shape index (κ3) is 3.09. The average Bonchev–Trinajstić information content (AvgIpc) is 2.10. The van der Waals surface area contributed by atoms with E-state index in [1.807, 2.05) is 0 Å². The van der Waals surface area contributed by atoms with Crippen molar-refractivity contribution in [1.82, 2.24) is 0 Å². The highest BCUT2D eigenvalue weighted by molar-refractivity contribution is 5.28. The van der Waals surface area contributed by atoms with Gasteiger partial charge in [-0.3, -0.25) is 0 Å². The number of rotatable bonds is 2. The summed E-state index contributed by atoms with van der Waals surface area (Å²) >= 11 is 0. The van der Waals surface area contributed by atoms with E-state index in [1.54, 1.807) is 0 Å². The maximum absolute atomic E-state index is 12.7. The number of aromatic hydroxyl groups is 1. The van der Waals surface area contributed by atoms with Crippen molar-refractivity contribution in [2.75, 3.05) is 0 Å². The van der Waals surface area contributed by atoms with Gasteiger partial charge in [0.25, 0.3) is 0 Å². The van der Waals surface area contributed by atoms with Crippen molar-refractivity contribution >= 4 is 0 Å². The molecule has 0 aliphatic heterocycles. The molecule has 15 heavy (non-hydrogen) atoms. The van der Waals surface area contributed by atoms with Gasteiger partial charge in [-0.1, -0.05) is 6.07 Å². The van der Waals surface area contributed by atoms with Crippen molar-refractivity contribution in [3.05, 3.63) is 29.6 Å². The van der Waals surface area contributed by atoms with E-state index >= 15 is 0 Å². The third-order valence-corrected chi connectivity index (χ3v) is 1.82. The largest absolute Gasteiger partial charge is 0.505 e. The lowest BCUT2D eigenvalue weighted by atomic mass is 10.1. The Morgan fingerprint density at radius 1 is 1.27 bits per heavy atom. The zero-order valence-corrected chi connectivity index (χ0v) is 7.42. The molecule has 0 heterocycles. The van der Waals surface area contributed by atoms with Crippen molar-refractivity contribution in [2.45, 2.75) is 18.7 Å². The number of aliphatic hydroxyl groups excluding tert-OH is 1. The first-order valence-corrected chi connectivity index (χ1v) is 4.03. The van der Waals surface area contributed by atoms with Gasteiger partial charge >= 0.3 is 6.18 Å². The second-order valence-corrected chi connectivity index (χ2v) is 3.05. The van der Waals surface area contributed by atoms with E-state index in [9.17, 15) is 17.6 Å². The molecule has 0 bridgehead atoms. The lowest BCUT2D eigenvalue weighted by Crippen LogP contribution is -2.30. The maximum atomic E-state index is 12.7. The minimum atomic E-state index is -4.73. The summed E-state index contributed by atoms with van der Waals surface area (Å²) in [6.07, 6.45) is -7.99. The van der Waals surface area contributed by atoms with Gasteiger partial charge in [0.15, 0.2) is 17.7 Å². The van der Waals surface area contributed by atoms with Gasteiger partial charge in [-0.2, -0.15) is 13.2 Å². The van der Waals surface area contributed by atoms with Gasteiger partial charge in [0.1, 0.15) is 0 Å². The van der Waals surface area contributed by atoms with Gasteiger partial charge in [-0.05, 0) is 17.7 Å². The zero-order chi connectivity index (χ0) is 11.6. The van der Waals surface area contributed by atoms with Crippen molar-refractivity contribution in [2.24, 2.45) is 0 Å². The second-order valence-electron chi connectivity index (χ2n) is 3.05. The summed E-state index contributed by atoms with van der Waals surface area (Å²) in [5.41, 5.74) is -0.0323. The van der Waals surface area contributed by atoms with Crippen LogP contribution in [0.2, 0.25) is 0 Å². The average molecular weight is 224 g/mol. The molecule has 0 radical (unpaired) electrons. The van der Waals surface area contributed by atoms with Gasteiger partial charge in [0.2, 0.25) is 0 Å². The van der Waals surface area contributed by atoms with Crippen molar-refractivity contribution in [1.29, 1.82) is 0 Å². The van der Waals surface area contributed by atoms with E-state index in [2.05, 4.69) is 0 Å². The summed E-state index contributed by atoms with van der Waals surface area (Å²) in [6.45, 7) is 0. The highest BCUT2D eigenvalue weighted by Crippen LogP contribution is 2.24. The lowest BCUT2D eigenvalue weighted by molar-refractivity contribution is -0.203. The predicted octanol–water partition coefficient (Wildman–Crippen LogP) is 2.00. The minimum Gasteiger partial charge on any atom is -0.505 e. The van der Waals surface area contributed by atoms with Crippen molar-refractivity contribution < 1.29 is 27.8 Å². The fourth-order valence-corrected chi connectivity index (χ4v) is 1.02. The molecule has 0 aliphatic rings. The normalized spacial score (nSPS) is 13.9. The Morgan fingerprint density at radius 3 is 2.33 bits per heavy atom. The highest BCUT2D eigenvalue weighted by atomic mass is 19.4. The first kappa shape index (κ1) is 11.8. The fourth-order valence-electron chi connectivity index (χ4n) is 1.02. The van der Waals surface area contributed by atoms with Crippen molar-refractivity contribution in [3.8, 4) is 5.75 Å². The van der Waals surface area contributed by atoms with Crippen LogP contribution in [0.4, 0.5) is 17.6 Å². The molecule has 1 rings (SSSR count). The van der Waals surface area contributed by atoms with Gasteiger partial charge in [-0.25, -0.2) is 4.39 Å². The Hall–Kier alpha value is -1.30. The molecule has 84 valence electrons. The van der Waals surface area contributed by atoms with Crippen LogP contribution in [-0.2, 0) is 6.42 Å². The monoisotopic (exact) mass is 224 g/mol. The van der Waals surface area contributed by atoms with Crippen LogP contribution in [0.1, 0.15) is 5.56 Å². The molecule has 0 saturated heterocycles. The molecule has 2 N–H and O–H groups in total. The van der Waals surface area contributed by atoms with E-state index in [0.29, 0.717) is 0 Å². The third-order valence-electron chi connectivity index (χ3n) is 1.82. The lowest BCUT2D eigenvalue weighted by Gasteiger charge is -2.14. The molecule has 1 aromatic rings. The second kappa shape index (κ2) is 4.06. The van der Waals surface area contributed by atoms with E-state index < -0.39 is 30.3 Å². The molecular weight excluding hydrogens is 216 g/mol. The molecule has 1 atom stereocenters. The van der Waals surface area contributed by atoms with Crippen molar-refractivity contribution in [3.63, 3.8) is 0 Å². The molecule has 2 nitrogen and oxygen atoms in total. The van der Waals surface area contributed by atoms with Crippen LogP contribution in [0.5, 0.6) is 5.75 Å². The molecule has 0 saturated carbocycles. The standard InChI is InChI=1S/C9H8F4O2/c10-6-3-5(1-2-7(6)14)4-8(15)9(11,12)13/h1-3,8,14-15H,4H2. The Balaban J connectivity index is 2.78. The number of aliphatic hydroxyl groups is 1. The van der Waals surface area contributed by atoms with E-state index in [0.717, 1.165) is 18.2 Å². The summed E-state index contributed by atoms with van der Waals surface area (Å²) in [4.78, 5) is 0. The van der Waals surface area contributed by atoms with Crippen LogP contribution in [0, 0.1) is 5.82 Å². The Morgan fingerprint density at radius 2 is 1.87 bits per heavy atom. The van der Waals surface area contributed by atoms with Gasteiger partial charge in [0, 0.05) is 6.42 Å². The highest BCUT2D eigenvalue weighted by Gasteiger charge is 2.37. The van der Waals surface area contributed by atoms with Crippen LogP contribution < -0.4 is 0 Å². The zero-order valence-electron chi connectivity index (χ0n) is 7.42. The molecule has 0 amide bonds. The number of hydrogen-bond acceptors (Lipinski definition) is 2. The van der Waals surface area contributed by atoms with E-state index in [-0.39, 0.29) is 5.56 Å². The SMILES string of the molecule is Oc1ccc(CC(O)C(F)(F)F)cc1F. The molecule has 0 fully saturated rings. The molecular formula is C9H8F4O2. The summed E-state index contributed by atoms with van der Waals surface area (Å²) in [7, 11) is 0. The number of phenolic OH excluding ortho intramolecular Hbond substituents is 1. The first-order valence-electron chi connectivity index (χ1n) is 4.03. The number of hydrogen-bond donors (Lipinski definition) is 2. The van der Waals surface area contributed by atoms with Gasteiger partial charge in [0.05, 0.1) is 0 Å². The van der Waals surface area contributed by atoms with Crippen LogP contribution in [0.3, 0.4) is 0 Å². The predicted molar refractivity (Wildman–Crippen MR) is 43.8 cm³/mol. The quantitative estimate of drug-likeness (QED) is 0.754. The summed E-state index contributed by atoms with van der Waals surface area (Å²) in [5, 5.41) is 17.5. The number of alkyl halides is 3. The Kier molecular flexibility index (Phi) is 3.18. The molecule has 0 aromatic heterocycles. The Bertz CT molecular complexity index is 348. The van der Waals surface area contributed by atoms with Crippen LogP contribution in [0.25, 0.3) is 0 Å². The topological polar surface area (TPSA) is 40.5 Å². The maximum Gasteiger partial charge on any atom is 0.414 e. The number of halogens is 4. The minimum absolute atomic E-state index is 0.0323. The molecule has 1 unspecified atom stereocenters. The molecule has 6 heteroatoms. The fraction of sp³-hybridized carbons (Fsp3) is 0.333. The van der Waals surface area contributed by atoms with E-state index in [4.69, 9.17) is 10.2 Å². The summed E-state index contributed by atoms with van der Waals surface area (Å²) in [6, 6.07) is 2.81. The Labute approximate surface area is 82.8 Å². The smallest absolute Gasteiger partial charge is 0.414 e. The molecule has 0 aliphatic carbocycles. The molecule has 0 spiro atoms. The van der Waals surface area contributed by atoms with Crippen LogP contribution >= 0.6 is 0 Å². The number of phenols is 1. The number of benzene rings is 1. The van der Waals surface area contributed by atoms with Crippen LogP contribution in [0.15, 0.2) is 18.2 Å².